The first-order chi connectivity index (χ1) is 11.4. The summed E-state index contributed by atoms with van der Waals surface area (Å²) in [4.78, 5) is 12.0. The van der Waals surface area contributed by atoms with E-state index in [1.54, 1.807) is 19.2 Å². The van der Waals surface area contributed by atoms with Gasteiger partial charge in [0.1, 0.15) is 23.8 Å². The average Bonchev–Trinajstić information content (AvgIpc) is 3.07. The van der Waals surface area contributed by atoms with Gasteiger partial charge in [-0.15, -0.1) is 0 Å². The number of benzene rings is 1. The summed E-state index contributed by atoms with van der Waals surface area (Å²) in [6.07, 6.45) is 0. The van der Waals surface area contributed by atoms with Gasteiger partial charge in [-0.25, -0.2) is 0 Å². The van der Waals surface area contributed by atoms with Crippen molar-refractivity contribution in [2.24, 2.45) is 5.41 Å². The molecule has 130 valence electrons. The molecular formula is C17H23N3O4. The average molecular weight is 333 g/mol. The van der Waals surface area contributed by atoms with Crippen LogP contribution in [0, 0.1) is 5.41 Å². The standard InChI is InChI=1S/C17H23N3O4/c1-17(2,11-21)10-18-16(22)15-7-12(19-20-15)9-24-14-6-4-5-13(8-14)23-3/h4-8,21H,9-11H2,1-3H3,(H,18,22)(H,19,20). The maximum Gasteiger partial charge on any atom is 0.271 e. The number of aliphatic hydroxyl groups excluding tert-OH is 1. The molecule has 0 aliphatic rings. The zero-order valence-electron chi connectivity index (χ0n) is 14.1. The Balaban J connectivity index is 1.89. The summed E-state index contributed by atoms with van der Waals surface area (Å²) in [5.74, 6) is 1.09. The highest BCUT2D eigenvalue weighted by atomic mass is 16.5. The second-order valence-electron chi connectivity index (χ2n) is 6.25. The van der Waals surface area contributed by atoms with Gasteiger partial charge in [0.2, 0.25) is 0 Å². The van der Waals surface area contributed by atoms with E-state index in [1.165, 1.54) is 0 Å². The van der Waals surface area contributed by atoms with Crippen LogP contribution in [0.5, 0.6) is 11.5 Å². The molecular weight excluding hydrogens is 310 g/mol. The van der Waals surface area contributed by atoms with Crippen LogP contribution in [-0.4, -0.2) is 41.5 Å². The largest absolute Gasteiger partial charge is 0.497 e. The highest BCUT2D eigenvalue weighted by molar-refractivity contribution is 5.92. The fourth-order valence-corrected chi connectivity index (χ4v) is 1.87. The lowest BCUT2D eigenvalue weighted by Gasteiger charge is -2.21. The number of hydrogen-bond donors (Lipinski definition) is 3. The molecule has 7 nitrogen and oxygen atoms in total. The molecule has 0 fully saturated rings. The van der Waals surface area contributed by atoms with Crippen LogP contribution in [0.4, 0.5) is 0 Å². The molecule has 0 atom stereocenters. The minimum atomic E-state index is -0.371. The molecule has 0 saturated heterocycles. The van der Waals surface area contributed by atoms with Gasteiger partial charge in [0.25, 0.3) is 5.91 Å². The Morgan fingerprint density at radius 3 is 2.79 bits per heavy atom. The van der Waals surface area contributed by atoms with Gasteiger partial charge in [-0.1, -0.05) is 19.9 Å². The van der Waals surface area contributed by atoms with E-state index < -0.39 is 0 Å². The van der Waals surface area contributed by atoms with Crippen molar-refractivity contribution in [3.8, 4) is 11.5 Å². The van der Waals surface area contributed by atoms with Gasteiger partial charge in [0.05, 0.1) is 12.8 Å². The Bertz CT molecular complexity index is 682. The molecule has 7 heteroatoms. The molecule has 0 aliphatic heterocycles. The number of aromatic nitrogens is 2. The second kappa shape index (κ2) is 7.83. The van der Waals surface area contributed by atoms with Crippen molar-refractivity contribution in [2.75, 3.05) is 20.3 Å². The van der Waals surface area contributed by atoms with Crippen LogP contribution in [0.15, 0.2) is 30.3 Å². The van der Waals surface area contributed by atoms with Crippen molar-refractivity contribution in [2.45, 2.75) is 20.5 Å². The zero-order valence-corrected chi connectivity index (χ0v) is 14.1. The molecule has 1 aromatic heterocycles. The lowest BCUT2D eigenvalue weighted by atomic mass is 9.95. The first-order valence-corrected chi connectivity index (χ1v) is 7.64. The van der Waals surface area contributed by atoms with Crippen LogP contribution in [-0.2, 0) is 6.61 Å². The molecule has 0 bridgehead atoms. The van der Waals surface area contributed by atoms with E-state index in [1.807, 2.05) is 32.0 Å². The molecule has 2 aromatic rings. The van der Waals surface area contributed by atoms with Crippen molar-refractivity contribution in [1.82, 2.24) is 15.5 Å². The van der Waals surface area contributed by atoms with Crippen molar-refractivity contribution in [1.29, 1.82) is 0 Å². The topological polar surface area (TPSA) is 96.5 Å². The number of amides is 1. The molecule has 0 aliphatic carbocycles. The lowest BCUT2D eigenvalue weighted by molar-refractivity contribution is 0.0906. The van der Waals surface area contributed by atoms with Crippen molar-refractivity contribution < 1.29 is 19.4 Å². The Morgan fingerprint density at radius 1 is 1.33 bits per heavy atom. The van der Waals surface area contributed by atoms with Crippen LogP contribution in [0.2, 0.25) is 0 Å². The monoisotopic (exact) mass is 333 g/mol. The van der Waals surface area contributed by atoms with Gasteiger partial charge in [-0.2, -0.15) is 5.10 Å². The fourth-order valence-electron chi connectivity index (χ4n) is 1.87. The summed E-state index contributed by atoms with van der Waals surface area (Å²) < 4.78 is 10.8. The highest BCUT2D eigenvalue weighted by Crippen LogP contribution is 2.19. The third-order valence-corrected chi connectivity index (χ3v) is 3.45. The lowest BCUT2D eigenvalue weighted by Crippen LogP contribution is -2.36. The van der Waals surface area contributed by atoms with Crippen LogP contribution in [0.3, 0.4) is 0 Å². The quantitative estimate of drug-likeness (QED) is 0.684. The fraction of sp³-hybridized carbons (Fsp3) is 0.412. The van der Waals surface area contributed by atoms with Crippen LogP contribution in [0.1, 0.15) is 30.0 Å². The number of rotatable bonds is 8. The van der Waals surface area contributed by atoms with E-state index >= 15 is 0 Å². The summed E-state index contributed by atoms with van der Waals surface area (Å²) in [6.45, 7) is 4.35. The second-order valence-corrected chi connectivity index (χ2v) is 6.25. The maximum absolute atomic E-state index is 12.0. The Hall–Kier alpha value is -2.54. The van der Waals surface area contributed by atoms with Gasteiger partial charge in [0, 0.05) is 24.6 Å². The minimum absolute atomic E-state index is 0.00647. The third kappa shape index (κ3) is 4.99. The van der Waals surface area contributed by atoms with Crippen LogP contribution >= 0.6 is 0 Å². The number of nitrogens with zero attached hydrogens (tertiary/aromatic N) is 1. The highest BCUT2D eigenvalue weighted by Gasteiger charge is 2.19. The van der Waals surface area contributed by atoms with E-state index in [4.69, 9.17) is 9.47 Å². The number of carbonyl (C=O) groups is 1. The van der Waals surface area contributed by atoms with Crippen molar-refractivity contribution >= 4 is 5.91 Å². The minimum Gasteiger partial charge on any atom is -0.497 e. The normalized spacial score (nSPS) is 11.2. The molecule has 2 rings (SSSR count). The molecule has 0 spiro atoms. The molecule has 0 saturated carbocycles. The smallest absolute Gasteiger partial charge is 0.271 e. The van der Waals surface area contributed by atoms with E-state index in [0.717, 1.165) is 0 Å². The molecule has 24 heavy (non-hydrogen) atoms. The first-order valence-electron chi connectivity index (χ1n) is 7.64. The summed E-state index contributed by atoms with van der Waals surface area (Å²) in [6, 6.07) is 8.91. The predicted molar refractivity (Wildman–Crippen MR) is 89.1 cm³/mol. The summed E-state index contributed by atoms with van der Waals surface area (Å²) >= 11 is 0. The number of ether oxygens (including phenoxy) is 2. The Morgan fingerprint density at radius 2 is 2.08 bits per heavy atom. The van der Waals surface area contributed by atoms with E-state index in [-0.39, 0.29) is 30.2 Å². The number of aliphatic hydroxyl groups is 1. The Labute approximate surface area is 141 Å². The summed E-state index contributed by atoms with van der Waals surface area (Å²) in [5.41, 5.74) is 0.599. The van der Waals surface area contributed by atoms with Gasteiger partial charge >= 0.3 is 0 Å². The molecule has 1 aromatic carbocycles. The van der Waals surface area contributed by atoms with E-state index in [0.29, 0.717) is 23.7 Å². The first kappa shape index (κ1) is 17.8. The van der Waals surface area contributed by atoms with Crippen LogP contribution < -0.4 is 14.8 Å². The number of hydrogen-bond acceptors (Lipinski definition) is 5. The van der Waals surface area contributed by atoms with Crippen molar-refractivity contribution in [3.63, 3.8) is 0 Å². The molecule has 0 radical (unpaired) electrons. The maximum atomic E-state index is 12.0. The predicted octanol–water partition coefficient (Wildman–Crippen LogP) is 1.75. The third-order valence-electron chi connectivity index (χ3n) is 3.45. The number of methoxy groups -OCH3 is 1. The molecule has 1 amide bonds. The summed E-state index contributed by atoms with van der Waals surface area (Å²) in [5, 5.41) is 18.7. The molecule has 0 unspecified atom stereocenters. The molecule has 3 N–H and O–H groups in total. The zero-order chi connectivity index (χ0) is 17.6. The van der Waals surface area contributed by atoms with Gasteiger partial charge in [0.15, 0.2) is 0 Å². The van der Waals surface area contributed by atoms with Gasteiger partial charge in [-0.05, 0) is 18.2 Å². The van der Waals surface area contributed by atoms with E-state index in [2.05, 4.69) is 15.5 Å². The number of carbonyl (C=O) groups excluding carboxylic acids is 1. The number of nitrogens with one attached hydrogen (secondary N) is 2. The van der Waals surface area contributed by atoms with Crippen LogP contribution in [0.25, 0.3) is 0 Å². The van der Waals surface area contributed by atoms with Crippen molar-refractivity contribution in [3.05, 3.63) is 41.7 Å². The summed E-state index contributed by atoms with van der Waals surface area (Å²) in [7, 11) is 1.59. The van der Waals surface area contributed by atoms with E-state index in [9.17, 15) is 9.90 Å². The number of H-pyrrole nitrogens is 1. The van der Waals surface area contributed by atoms with Gasteiger partial charge < -0.3 is 19.9 Å². The molecule has 1 heterocycles. The number of aromatic amines is 1. The Kier molecular flexibility index (Phi) is 5.81. The van der Waals surface area contributed by atoms with Gasteiger partial charge in [-0.3, -0.25) is 9.89 Å². The SMILES string of the molecule is COc1cccc(OCc2cc(C(=O)NCC(C)(C)CO)n[nH]2)c1.